The number of ether oxygens (including phenoxy) is 4. The minimum absolute atomic E-state index is 0.0625. The number of allylic oxidation sites excluding steroid dienone is 2. The molecule has 3 aromatic heterocycles. The minimum atomic E-state index is -2.77. The van der Waals surface area contributed by atoms with Crippen LogP contribution in [0.5, 0.6) is 0 Å². The Labute approximate surface area is 536 Å². The smallest absolute Gasteiger partial charge is 0.333 e. The molecular weight excluding hydrogens is 1250 g/mol. The maximum Gasteiger partial charge on any atom is 0.333 e. The molecule has 0 saturated carbocycles. The van der Waals surface area contributed by atoms with Crippen LogP contribution in [-0.2, 0) is 75.4 Å². The largest absolute Gasteiger partial charge is 0.459 e. The number of rotatable bonds is 14. The van der Waals surface area contributed by atoms with Crippen LogP contribution in [0.25, 0.3) is 53.2 Å². The van der Waals surface area contributed by atoms with E-state index < -0.39 is 108 Å². The number of fused-ring (bicyclic) bond motifs is 11. The second-order valence-electron chi connectivity index (χ2n) is 22.5. The maximum absolute atomic E-state index is 16.3. The van der Waals surface area contributed by atoms with E-state index in [9.17, 15) is 36.7 Å². The van der Waals surface area contributed by atoms with Crippen molar-refractivity contribution in [3.63, 3.8) is 0 Å². The standard InChI is InChI=1S/C74H40F4O12S3/c75-55-25-41-21-47-48(22-42(41)26-56(55)76)62(80)51(61(47)79)29-45-31-53-65(91-45)67-59(73(53,69(83)87-33-37-13-5-1-6-14-37)70(84)88-34-38-15-7-2-8-16-38)60-68(93-67)66-54(74(60,71(85)89-35-39-17-9-3-10-18-39)72(86)90-36-40-19-11-4-12-20-40)32-46(92-66)30-52-63(81)49-23-43-27-57(77)58(78)28-44(43)24-50(49)64(52)82/h1-32H,33-36H2. The first-order valence-corrected chi connectivity index (χ1v) is 31.3. The number of halogens is 4. The fourth-order valence-corrected chi connectivity index (χ4v) is 16.6. The zero-order valence-electron chi connectivity index (χ0n) is 47.9. The molecule has 4 aliphatic carbocycles. The van der Waals surface area contributed by atoms with Crippen LogP contribution >= 0.6 is 34.0 Å². The van der Waals surface area contributed by atoms with Gasteiger partial charge in [0.05, 0.1) is 30.7 Å². The van der Waals surface area contributed by atoms with Gasteiger partial charge in [-0.3, -0.25) is 38.4 Å². The summed E-state index contributed by atoms with van der Waals surface area (Å²) in [7, 11) is 0. The van der Waals surface area contributed by atoms with Crippen LogP contribution in [0.3, 0.4) is 0 Å². The summed E-state index contributed by atoms with van der Waals surface area (Å²) in [5.74, 6) is -12.5. The van der Waals surface area contributed by atoms with E-state index in [1.54, 1.807) is 121 Å². The number of benzene rings is 8. The molecule has 4 aliphatic rings. The van der Waals surface area contributed by atoms with Crippen molar-refractivity contribution < 1.29 is 74.9 Å². The van der Waals surface area contributed by atoms with Crippen molar-refractivity contribution in [1.82, 2.24) is 0 Å². The van der Waals surface area contributed by atoms with Crippen molar-refractivity contribution >= 4 is 115 Å². The Morgan fingerprint density at radius 3 is 0.860 bits per heavy atom. The Morgan fingerprint density at radius 2 is 0.602 bits per heavy atom. The van der Waals surface area contributed by atoms with Gasteiger partial charge >= 0.3 is 23.9 Å². The van der Waals surface area contributed by atoms with Crippen LogP contribution < -0.4 is 0 Å². The zero-order chi connectivity index (χ0) is 64.2. The van der Waals surface area contributed by atoms with E-state index in [0.29, 0.717) is 22.3 Å². The molecule has 3 heterocycles. The van der Waals surface area contributed by atoms with Crippen LogP contribution in [0.4, 0.5) is 17.6 Å². The molecule has 19 heteroatoms. The van der Waals surface area contributed by atoms with Crippen molar-refractivity contribution in [2.45, 2.75) is 37.3 Å². The monoisotopic (exact) mass is 1290 g/mol. The van der Waals surface area contributed by atoms with E-state index in [1.807, 2.05) is 0 Å². The van der Waals surface area contributed by atoms with Gasteiger partial charge in [0.25, 0.3) is 0 Å². The molecule has 12 nitrogen and oxygen atoms in total. The molecule has 0 amide bonds. The first kappa shape index (κ1) is 58.5. The number of esters is 4. The molecule has 0 spiro atoms. The fraction of sp³-hybridized carbons (Fsp3) is 0.0811. The summed E-state index contributed by atoms with van der Waals surface area (Å²) in [6.45, 7) is -1.63. The summed E-state index contributed by atoms with van der Waals surface area (Å²) in [6.07, 6.45) is 2.59. The van der Waals surface area contributed by atoms with Gasteiger partial charge in [0.15, 0.2) is 46.4 Å². The van der Waals surface area contributed by atoms with Crippen LogP contribution in [0, 0.1) is 23.3 Å². The van der Waals surface area contributed by atoms with Gasteiger partial charge in [-0.15, -0.1) is 34.0 Å². The molecule has 0 fully saturated rings. The van der Waals surface area contributed by atoms with Gasteiger partial charge < -0.3 is 18.9 Å². The normalized spacial score (nSPS) is 14.4. The first-order chi connectivity index (χ1) is 45.0. The average molecular weight is 1290 g/mol. The maximum atomic E-state index is 16.3. The van der Waals surface area contributed by atoms with Crippen molar-refractivity contribution in [1.29, 1.82) is 0 Å². The van der Waals surface area contributed by atoms with Crippen LogP contribution in [-0.4, -0.2) is 47.0 Å². The molecule has 454 valence electrons. The van der Waals surface area contributed by atoms with Crippen LogP contribution in [0.2, 0.25) is 0 Å². The number of ketones is 4. The summed E-state index contributed by atoms with van der Waals surface area (Å²) >= 11 is 2.91. The Balaban J connectivity index is 0.966. The van der Waals surface area contributed by atoms with Crippen molar-refractivity contribution in [2.75, 3.05) is 0 Å². The number of hydrogen-bond acceptors (Lipinski definition) is 15. The van der Waals surface area contributed by atoms with Gasteiger partial charge in [-0.2, -0.15) is 0 Å². The van der Waals surface area contributed by atoms with Crippen LogP contribution in [0.1, 0.15) is 95.7 Å². The van der Waals surface area contributed by atoms with Gasteiger partial charge in [0, 0.05) is 54.3 Å². The Hall–Kier alpha value is -10.9. The summed E-state index contributed by atoms with van der Waals surface area (Å²) < 4.78 is 83.3. The lowest BCUT2D eigenvalue weighted by molar-refractivity contribution is -0.167. The van der Waals surface area contributed by atoms with E-state index in [1.165, 1.54) is 48.6 Å². The molecule has 0 N–H and O–H groups in total. The first-order valence-electron chi connectivity index (χ1n) is 28.8. The highest BCUT2D eigenvalue weighted by Gasteiger charge is 2.69. The Morgan fingerprint density at radius 1 is 0.344 bits per heavy atom. The number of Topliss-reactive ketones (excluding diaryl/α,β-unsaturated/α-hetero) is 4. The van der Waals surface area contributed by atoms with E-state index in [4.69, 9.17) is 18.9 Å². The molecule has 93 heavy (non-hydrogen) atoms. The molecule has 0 saturated heterocycles. The lowest BCUT2D eigenvalue weighted by atomic mass is 9.70. The van der Waals surface area contributed by atoms with Gasteiger partial charge in [0.2, 0.25) is 10.8 Å². The van der Waals surface area contributed by atoms with Crippen molar-refractivity contribution in [2.24, 2.45) is 0 Å². The molecule has 15 rings (SSSR count). The molecule has 0 bridgehead atoms. The van der Waals surface area contributed by atoms with Gasteiger partial charge in [0.1, 0.15) is 26.4 Å². The number of carbonyl (C=O) groups excluding carboxylic acids is 8. The third-order valence-corrected chi connectivity index (χ3v) is 20.7. The highest BCUT2D eigenvalue weighted by atomic mass is 32.1. The molecule has 0 radical (unpaired) electrons. The topological polar surface area (TPSA) is 173 Å². The second kappa shape index (κ2) is 22.5. The third kappa shape index (κ3) is 9.35. The predicted molar refractivity (Wildman–Crippen MR) is 338 cm³/mol. The van der Waals surface area contributed by atoms with Gasteiger partial charge in [-0.05, 0) is 117 Å². The SMILES string of the molecule is O=C1C(=Cc2cc3c(s2)-c2sc4c(c2C3(C(=O)OCc2ccccc2)C(=O)OCc2ccccc2)C(C(=O)OCc2ccccc2)(C(=O)OCc2ccccc2)c2cc(C=C3C(=O)c5cc6cc(F)c(F)cc6cc5C3=O)sc2-4)C(=O)c2cc3cc(F)c(F)cc3cc21. The Kier molecular flexibility index (Phi) is 14.2. The molecule has 0 aliphatic heterocycles. The number of hydrogen-bond donors (Lipinski definition) is 0. The molecule has 8 aromatic carbocycles. The lowest BCUT2D eigenvalue weighted by Gasteiger charge is -2.32. The van der Waals surface area contributed by atoms with Crippen molar-refractivity contribution in [3.05, 3.63) is 293 Å². The second-order valence-corrected chi connectivity index (χ2v) is 25.7. The quantitative estimate of drug-likeness (QED) is 0.0252. The lowest BCUT2D eigenvalue weighted by Crippen LogP contribution is -2.50. The molecular formula is C74H40F4O12S3. The zero-order valence-corrected chi connectivity index (χ0v) is 50.4. The van der Waals surface area contributed by atoms with Crippen molar-refractivity contribution in [3.8, 4) is 19.5 Å². The third-order valence-electron chi connectivity index (χ3n) is 17.0. The molecule has 11 aromatic rings. The Bertz CT molecular complexity index is 4650. The highest BCUT2D eigenvalue weighted by molar-refractivity contribution is 7.28. The van der Waals surface area contributed by atoms with Crippen LogP contribution in [0.15, 0.2) is 193 Å². The summed E-state index contributed by atoms with van der Waals surface area (Å²) in [6, 6.07) is 46.1. The van der Waals surface area contributed by atoms with Gasteiger partial charge in [-0.1, -0.05) is 121 Å². The predicted octanol–water partition coefficient (Wildman–Crippen LogP) is 15.2. The van der Waals surface area contributed by atoms with E-state index in [2.05, 4.69) is 0 Å². The minimum Gasteiger partial charge on any atom is -0.459 e. The number of carbonyl (C=O) groups is 8. The van der Waals surface area contributed by atoms with E-state index >= 15 is 19.2 Å². The summed E-state index contributed by atoms with van der Waals surface area (Å²) in [5.41, 5.74) is -5.00. The average Bonchev–Trinajstić information content (AvgIpc) is 1.49. The molecule has 0 unspecified atom stereocenters. The molecule has 0 atom stereocenters. The van der Waals surface area contributed by atoms with Gasteiger partial charge in [-0.25, -0.2) is 17.6 Å². The van der Waals surface area contributed by atoms with E-state index in [-0.39, 0.29) is 106 Å². The highest BCUT2D eigenvalue weighted by Crippen LogP contribution is 2.68. The number of thiophene rings is 3. The van der Waals surface area contributed by atoms with E-state index in [0.717, 1.165) is 58.3 Å². The fourth-order valence-electron chi connectivity index (χ4n) is 12.6. The summed E-state index contributed by atoms with van der Waals surface area (Å²) in [4.78, 5) is 124. The summed E-state index contributed by atoms with van der Waals surface area (Å²) in [5, 5.41) is 0.649.